The van der Waals surface area contributed by atoms with Gasteiger partial charge < -0.3 is 0 Å². The van der Waals surface area contributed by atoms with E-state index in [1.807, 2.05) is 13.0 Å². The Kier molecular flexibility index (Phi) is 3.30. The van der Waals surface area contributed by atoms with Gasteiger partial charge in [-0.15, -0.1) is 0 Å². The first-order valence-electron chi connectivity index (χ1n) is 5.29. The number of hydrogen-bond acceptors (Lipinski definition) is 1. The highest BCUT2D eigenvalue weighted by Gasteiger charge is 2.35. The van der Waals surface area contributed by atoms with Crippen molar-refractivity contribution in [3.63, 3.8) is 0 Å². The fourth-order valence-corrected chi connectivity index (χ4v) is 2.33. The molecule has 1 nitrogen and oxygen atoms in total. The molecule has 1 heteroatoms. The second-order valence-electron chi connectivity index (χ2n) is 4.91. The molecule has 0 amide bonds. The zero-order valence-corrected chi connectivity index (χ0v) is 9.63. The molecular formula is C13H20O. The molecule has 0 radical (unpaired) electrons. The second-order valence-corrected chi connectivity index (χ2v) is 4.91. The molecule has 1 atom stereocenters. The van der Waals surface area contributed by atoms with Crippen LogP contribution in [0.15, 0.2) is 23.8 Å². The molecule has 0 fully saturated rings. The summed E-state index contributed by atoms with van der Waals surface area (Å²) in [7, 11) is 0. The van der Waals surface area contributed by atoms with Crippen LogP contribution in [0.2, 0.25) is 0 Å². The van der Waals surface area contributed by atoms with Gasteiger partial charge in [0.15, 0.2) is 5.78 Å². The number of hydrogen-bond donors (Lipinski definition) is 0. The van der Waals surface area contributed by atoms with Gasteiger partial charge in [-0.2, -0.15) is 0 Å². The monoisotopic (exact) mass is 192 g/mol. The quantitative estimate of drug-likeness (QED) is 0.483. The molecule has 0 heterocycles. The standard InChI is InChI=1S/C13H20O/c1-5-6-12(14)11-8-7-10(2)9-13(11,3)4/h5-7,11H,8-9H2,1-4H3/b6-5-/t11-/m1/s1. The van der Waals surface area contributed by atoms with Gasteiger partial charge in [-0.05, 0) is 38.2 Å². The van der Waals surface area contributed by atoms with E-state index < -0.39 is 0 Å². The molecule has 0 bridgehead atoms. The summed E-state index contributed by atoms with van der Waals surface area (Å²) in [5.74, 6) is 0.448. The van der Waals surface area contributed by atoms with E-state index in [9.17, 15) is 4.79 Å². The van der Waals surface area contributed by atoms with Crippen molar-refractivity contribution in [1.82, 2.24) is 0 Å². The summed E-state index contributed by atoms with van der Waals surface area (Å²) < 4.78 is 0. The van der Waals surface area contributed by atoms with Gasteiger partial charge in [0.2, 0.25) is 0 Å². The normalized spacial score (nSPS) is 26.3. The molecule has 1 aliphatic rings. The van der Waals surface area contributed by atoms with Gasteiger partial charge in [0.1, 0.15) is 0 Å². The van der Waals surface area contributed by atoms with E-state index in [0.29, 0.717) is 0 Å². The number of carbonyl (C=O) groups excluding carboxylic acids is 1. The van der Waals surface area contributed by atoms with Crippen LogP contribution in [0.4, 0.5) is 0 Å². The third-order valence-electron chi connectivity index (χ3n) is 3.05. The largest absolute Gasteiger partial charge is 0.295 e. The van der Waals surface area contributed by atoms with Gasteiger partial charge >= 0.3 is 0 Å². The van der Waals surface area contributed by atoms with Gasteiger partial charge in [0.05, 0.1) is 0 Å². The Morgan fingerprint density at radius 3 is 2.71 bits per heavy atom. The fourth-order valence-electron chi connectivity index (χ4n) is 2.33. The lowest BCUT2D eigenvalue weighted by Crippen LogP contribution is -2.32. The Morgan fingerprint density at radius 1 is 1.57 bits per heavy atom. The summed E-state index contributed by atoms with van der Waals surface area (Å²) in [6.07, 6.45) is 7.70. The minimum atomic E-state index is 0.120. The Morgan fingerprint density at radius 2 is 2.21 bits per heavy atom. The molecular weight excluding hydrogens is 172 g/mol. The molecule has 0 N–H and O–H groups in total. The lowest BCUT2D eigenvalue weighted by Gasteiger charge is -2.36. The van der Waals surface area contributed by atoms with E-state index in [4.69, 9.17) is 0 Å². The van der Waals surface area contributed by atoms with Crippen LogP contribution in [0.25, 0.3) is 0 Å². The van der Waals surface area contributed by atoms with Crippen molar-refractivity contribution in [3.05, 3.63) is 23.8 Å². The number of rotatable bonds is 2. The zero-order valence-electron chi connectivity index (χ0n) is 9.63. The first-order valence-corrected chi connectivity index (χ1v) is 5.29. The Labute approximate surface area is 86.9 Å². The highest BCUT2D eigenvalue weighted by molar-refractivity contribution is 5.92. The second kappa shape index (κ2) is 4.12. The number of ketones is 1. The van der Waals surface area contributed by atoms with Crippen LogP contribution in [0.5, 0.6) is 0 Å². The Hall–Kier alpha value is -0.850. The lowest BCUT2D eigenvalue weighted by molar-refractivity contribution is -0.121. The maximum atomic E-state index is 11.8. The van der Waals surface area contributed by atoms with Crippen molar-refractivity contribution in [2.45, 2.75) is 40.5 Å². The summed E-state index contributed by atoms with van der Waals surface area (Å²) in [5, 5.41) is 0. The van der Waals surface area contributed by atoms with E-state index in [1.165, 1.54) is 5.57 Å². The van der Waals surface area contributed by atoms with Crippen molar-refractivity contribution in [2.75, 3.05) is 0 Å². The fraction of sp³-hybridized carbons (Fsp3) is 0.615. The predicted octanol–water partition coefficient (Wildman–Crippen LogP) is 3.51. The van der Waals surface area contributed by atoms with Crippen LogP contribution in [-0.2, 0) is 4.79 Å². The van der Waals surface area contributed by atoms with Gasteiger partial charge in [-0.1, -0.05) is 31.6 Å². The van der Waals surface area contributed by atoms with Crippen molar-refractivity contribution in [2.24, 2.45) is 11.3 Å². The summed E-state index contributed by atoms with van der Waals surface area (Å²) in [6.45, 7) is 8.43. The SMILES string of the molecule is C/C=C\C(=O)[C@H]1CC=C(C)CC1(C)C. The van der Waals surface area contributed by atoms with Crippen molar-refractivity contribution >= 4 is 5.78 Å². The van der Waals surface area contributed by atoms with Crippen LogP contribution >= 0.6 is 0 Å². The first kappa shape index (κ1) is 11.2. The van der Waals surface area contributed by atoms with Crippen LogP contribution in [0.1, 0.15) is 40.5 Å². The average Bonchev–Trinajstić information content (AvgIpc) is 2.01. The van der Waals surface area contributed by atoms with E-state index in [0.717, 1.165) is 12.8 Å². The molecule has 0 spiro atoms. The molecule has 0 aromatic carbocycles. The van der Waals surface area contributed by atoms with Crippen LogP contribution < -0.4 is 0 Å². The smallest absolute Gasteiger partial charge is 0.159 e. The summed E-state index contributed by atoms with van der Waals surface area (Å²) in [5.41, 5.74) is 1.54. The minimum Gasteiger partial charge on any atom is -0.295 e. The predicted molar refractivity (Wildman–Crippen MR) is 60.1 cm³/mol. The molecule has 78 valence electrons. The van der Waals surface area contributed by atoms with Gasteiger partial charge in [0.25, 0.3) is 0 Å². The van der Waals surface area contributed by atoms with Crippen molar-refractivity contribution in [1.29, 1.82) is 0 Å². The first-order chi connectivity index (χ1) is 6.47. The highest BCUT2D eigenvalue weighted by atomic mass is 16.1. The maximum absolute atomic E-state index is 11.8. The third-order valence-corrected chi connectivity index (χ3v) is 3.05. The van der Waals surface area contributed by atoms with E-state index in [-0.39, 0.29) is 17.1 Å². The van der Waals surface area contributed by atoms with Crippen LogP contribution in [0.3, 0.4) is 0 Å². The minimum absolute atomic E-state index is 0.120. The molecule has 0 aromatic heterocycles. The topological polar surface area (TPSA) is 17.1 Å². The van der Waals surface area contributed by atoms with E-state index in [2.05, 4.69) is 26.8 Å². The molecule has 1 aliphatic carbocycles. The maximum Gasteiger partial charge on any atom is 0.159 e. The van der Waals surface area contributed by atoms with Gasteiger partial charge in [-0.25, -0.2) is 0 Å². The molecule has 0 aromatic rings. The molecule has 0 aliphatic heterocycles. The Bertz CT molecular complexity index is 282. The summed E-state index contributed by atoms with van der Waals surface area (Å²) >= 11 is 0. The molecule has 0 unspecified atom stereocenters. The average molecular weight is 192 g/mol. The molecule has 0 saturated carbocycles. The molecule has 1 rings (SSSR count). The highest BCUT2D eigenvalue weighted by Crippen LogP contribution is 2.40. The zero-order chi connectivity index (χ0) is 10.8. The van der Waals surface area contributed by atoms with E-state index >= 15 is 0 Å². The molecule has 14 heavy (non-hydrogen) atoms. The third kappa shape index (κ3) is 2.34. The van der Waals surface area contributed by atoms with Gasteiger partial charge in [-0.3, -0.25) is 4.79 Å². The van der Waals surface area contributed by atoms with Crippen molar-refractivity contribution in [3.8, 4) is 0 Å². The summed E-state index contributed by atoms with van der Waals surface area (Å²) in [6, 6.07) is 0. The van der Waals surface area contributed by atoms with Crippen LogP contribution in [0, 0.1) is 11.3 Å². The Balaban J connectivity index is 2.85. The summed E-state index contributed by atoms with van der Waals surface area (Å²) in [4.78, 5) is 11.8. The van der Waals surface area contributed by atoms with Crippen molar-refractivity contribution < 1.29 is 4.79 Å². The lowest BCUT2D eigenvalue weighted by atomic mass is 9.67. The number of allylic oxidation sites excluding steroid dienone is 4. The number of carbonyl (C=O) groups is 1. The van der Waals surface area contributed by atoms with E-state index in [1.54, 1.807) is 6.08 Å². The van der Waals surface area contributed by atoms with Gasteiger partial charge in [0, 0.05) is 5.92 Å². The van der Waals surface area contributed by atoms with Crippen LogP contribution in [-0.4, -0.2) is 5.78 Å². The molecule has 0 saturated heterocycles.